The lowest BCUT2D eigenvalue weighted by Gasteiger charge is -2.17. The third-order valence-corrected chi connectivity index (χ3v) is 10.8. The summed E-state index contributed by atoms with van der Waals surface area (Å²) in [5.74, 6) is -4.76. The molecule has 0 aliphatic carbocycles. The van der Waals surface area contributed by atoms with Gasteiger partial charge in [0.25, 0.3) is 11.8 Å². The van der Waals surface area contributed by atoms with E-state index in [2.05, 4.69) is 45.3 Å². The number of aromatic hydroxyl groups is 2. The molecule has 0 bridgehead atoms. The van der Waals surface area contributed by atoms with Crippen LogP contribution in [-0.2, 0) is 28.7 Å². The molecule has 242 valence electrons. The van der Waals surface area contributed by atoms with E-state index in [0.717, 1.165) is 43.5 Å². The van der Waals surface area contributed by atoms with Crippen LogP contribution in [-0.4, -0.2) is 107 Å². The lowest BCUT2D eigenvalue weighted by molar-refractivity contribution is -0.145. The zero-order chi connectivity index (χ0) is 32.4. The van der Waals surface area contributed by atoms with Gasteiger partial charge in [-0.3, -0.25) is 9.59 Å². The first-order valence-electron chi connectivity index (χ1n) is 12.3. The molecule has 0 spiro atoms. The van der Waals surface area contributed by atoms with Crippen molar-refractivity contribution in [2.75, 3.05) is 36.2 Å². The second kappa shape index (κ2) is 22.1. The quantitative estimate of drug-likeness (QED) is 0.0210. The Bertz CT molecular complexity index is 1020. The first kappa shape index (κ1) is 39.6. The Morgan fingerprint density at radius 3 is 1.47 bits per heavy atom. The maximum Gasteiger partial charge on any atom is 0.329 e. The van der Waals surface area contributed by atoms with E-state index < -0.39 is 69.2 Å². The number of ether oxygens (including phenoxy) is 2. The lowest BCUT2D eigenvalue weighted by Crippen LogP contribution is -2.43. The Morgan fingerprint density at radius 1 is 0.791 bits per heavy atom. The van der Waals surface area contributed by atoms with Gasteiger partial charge in [-0.15, -0.1) is 11.3 Å². The van der Waals surface area contributed by atoms with Crippen LogP contribution in [0.4, 0.5) is 0 Å². The summed E-state index contributed by atoms with van der Waals surface area (Å²) >= 11 is 8.50. The number of hydrogen-bond donors (Lipinski definition) is 8. The molecule has 0 saturated heterocycles. The minimum Gasteiger partial charge on any atom is -0.503 e. The number of thiophene rings is 1. The predicted molar refractivity (Wildman–Crippen MR) is 177 cm³/mol. The maximum absolute atomic E-state index is 13.0. The normalized spacial score (nSPS) is 13.7. The van der Waals surface area contributed by atoms with Crippen LogP contribution in [0.15, 0.2) is 0 Å². The molecule has 1 aromatic heterocycles. The van der Waals surface area contributed by atoms with Crippen LogP contribution in [0, 0.1) is 0 Å². The first-order chi connectivity index (χ1) is 20.6. The zero-order valence-corrected chi connectivity index (χ0v) is 28.7. The second-order valence-corrected chi connectivity index (χ2v) is 13.9. The van der Waals surface area contributed by atoms with Crippen molar-refractivity contribution in [1.29, 1.82) is 0 Å². The van der Waals surface area contributed by atoms with Crippen LogP contribution < -0.4 is 20.1 Å². The van der Waals surface area contributed by atoms with Crippen LogP contribution in [0.5, 0.6) is 11.5 Å². The highest BCUT2D eigenvalue weighted by Gasteiger charge is 2.32. The summed E-state index contributed by atoms with van der Waals surface area (Å²) in [5.41, 5.74) is 0. The molecule has 0 radical (unpaired) electrons. The Kier molecular flexibility index (Phi) is 20.3. The Hall–Kier alpha value is -1.46. The number of aldehydes is 2. The molecule has 6 N–H and O–H groups in total. The van der Waals surface area contributed by atoms with Crippen LogP contribution in [0.3, 0.4) is 0 Å². The zero-order valence-electron chi connectivity index (χ0n) is 22.8. The third kappa shape index (κ3) is 13.6. The minimum atomic E-state index is -1.18. The summed E-state index contributed by atoms with van der Waals surface area (Å²) in [6.07, 6.45) is 1.34. The average Bonchev–Trinajstić information content (AvgIpc) is 3.29. The van der Waals surface area contributed by atoms with Crippen LogP contribution in [0.25, 0.3) is 0 Å². The van der Waals surface area contributed by atoms with Crippen LogP contribution in [0.1, 0.15) is 33.2 Å². The molecule has 43 heavy (non-hydrogen) atoms. The molecule has 0 aliphatic heterocycles. The molecular formula is C22H32N4O10S7. The fourth-order valence-corrected chi connectivity index (χ4v) is 7.98. The summed E-state index contributed by atoms with van der Waals surface area (Å²) in [4.78, 5) is 71.8. The molecule has 21 heteroatoms. The number of carbonyl (C=O) groups is 6. The Labute approximate surface area is 278 Å². The van der Waals surface area contributed by atoms with E-state index in [9.17, 15) is 39.0 Å². The second-order valence-electron chi connectivity index (χ2n) is 7.84. The smallest absolute Gasteiger partial charge is 0.329 e. The molecule has 0 aromatic carbocycles. The molecule has 1 aromatic rings. The van der Waals surface area contributed by atoms with Gasteiger partial charge < -0.3 is 39.9 Å². The first-order valence-corrected chi connectivity index (χ1v) is 19.0. The van der Waals surface area contributed by atoms with Crippen molar-refractivity contribution in [2.45, 2.75) is 38.0 Å². The molecule has 2 amide bonds. The standard InChI is InChI=1S/C22H32N4O10S7/c1-3-35-21(33)13(9-39-42-25-11(5-27)7-37)23-19(31)17-15(29)16(30)18(41-17)20(32)24-14(22(34)36-4-2)10-40-43-26-12(6-28)8-38/h5-6,11-14,25-26,29-30,37-38H,3-4,7-10H2,1-2H3,(H,23,31)(H,24,32)/t11-,12-,13?,14?/m1/s1. The number of rotatable bonds is 22. The molecule has 1 rings (SSSR count). The van der Waals surface area contributed by atoms with Crippen molar-refractivity contribution in [2.24, 2.45) is 0 Å². The van der Waals surface area contributed by atoms with E-state index in [4.69, 9.17) is 9.47 Å². The highest BCUT2D eigenvalue weighted by atomic mass is 33.1. The molecule has 4 atom stereocenters. The molecular weight excluding hydrogens is 705 g/mol. The number of esters is 2. The molecule has 1 heterocycles. The summed E-state index contributed by atoms with van der Waals surface area (Å²) < 4.78 is 15.6. The number of amides is 2. The molecule has 0 aliphatic rings. The predicted octanol–water partition coefficient (Wildman–Crippen LogP) is 1.25. The topological polar surface area (TPSA) is 209 Å². The van der Waals surface area contributed by atoms with E-state index >= 15 is 0 Å². The fraction of sp³-hybridized carbons (Fsp3) is 0.545. The van der Waals surface area contributed by atoms with Crippen molar-refractivity contribution in [3.8, 4) is 11.5 Å². The van der Waals surface area contributed by atoms with Gasteiger partial charge in [-0.2, -0.15) is 25.3 Å². The minimum absolute atomic E-state index is 0.000799. The van der Waals surface area contributed by atoms with E-state index in [1.165, 1.54) is 0 Å². The van der Waals surface area contributed by atoms with E-state index in [1.54, 1.807) is 13.8 Å². The number of thiol groups is 2. The van der Waals surface area contributed by atoms with Crippen molar-refractivity contribution in [3.05, 3.63) is 9.75 Å². The van der Waals surface area contributed by atoms with E-state index in [-0.39, 0.29) is 36.2 Å². The van der Waals surface area contributed by atoms with Gasteiger partial charge in [0, 0.05) is 23.0 Å². The summed E-state index contributed by atoms with van der Waals surface area (Å²) in [6, 6.07) is -3.43. The van der Waals surface area contributed by atoms with Crippen LogP contribution in [0.2, 0.25) is 0 Å². The van der Waals surface area contributed by atoms with Gasteiger partial charge in [-0.05, 0) is 35.8 Å². The fourth-order valence-electron chi connectivity index (χ4n) is 2.60. The average molecular weight is 737 g/mol. The maximum atomic E-state index is 13.0. The van der Waals surface area contributed by atoms with Crippen molar-refractivity contribution in [1.82, 2.24) is 20.1 Å². The Morgan fingerprint density at radius 2 is 1.16 bits per heavy atom. The SMILES string of the molecule is CCOC(=O)C(CSSN[C@H](C=O)CS)NC(=O)c1sc(C(=O)NC(CSSN[C@H](C=O)CS)C(=O)OCC)c(O)c1O. The van der Waals surface area contributed by atoms with Gasteiger partial charge in [0.2, 0.25) is 0 Å². The monoisotopic (exact) mass is 736 g/mol. The number of hydrogen-bond acceptors (Lipinski definition) is 19. The van der Waals surface area contributed by atoms with Gasteiger partial charge >= 0.3 is 11.9 Å². The van der Waals surface area contributed by atoms with Crippen LogP contribution >= 0.6 is 80.1 Å². The van der Waals surface area contributed by atoms with E-state index in [1.807, 2.05) is 0 Å². The van der Waals surface area contributed by atoms with Gasteiger partial charge in [-0.1, -0.05) is 21.6 Å². The van der Waals surface area contributed by atoms with Crippen molar-refractivity contribution < 1.29 is 48.5 Å². The summed E-state index contributed by atoms with van der Waals surface area (Å²) in [6.45, 7) is 3.23. The summed E-state index contributed by atoms with van der Waals surface area (Å²) in [5, 5.41) is 25.7. The molecule has 2 unspecified atom stereocenters. The largest absolute Gasteiger partial charge is 0.503 e. The highest BCUT2D eigenvalue weighted by molar-refractivity contribution is 8.76. The van der Waals surface area contributed by atoms with Gasteiger partial charge in [-0.25, -0.2) is 19.0 Å². The van der Waals surface area contributed by atoms with Crippen molar-refractivity contribution >= 4 is 116 Å². The lowest BCUT2D eigenvalue weighted by atomic mass is 10.2. The van der Waals surface area contributed by atoms with Crippen molar-refractivity contribution in [3.63, 3.8) is 0 Å². The molecule has 0 fully saturated rings. The summed E-state index contributed by atoms with van der Waals surface area (Å²) in [7, 11) is 4.33. The third-order valence-electron chi connectivity index (χ3n) is 4.73. The molecule has 0 saturated carbocycles. The van der Waals surface area contributed by atoms with Gasteiger partial charge in [0.15, 0.2) is 11.5 Å². The van der Waals surface area contributed by atoms with Gasteiger partial charge in [0.1, 0.15) is 34.4 Å². The van der Waals surface area contributed by atoms with E-state index in [0.29, 0.717) is 23.9 Å². The van der Waals surface area contributed by atoms with Gasteiger partial charge in [0.05, 0.1) is 25.3 Å². The number of carbonyl (C=O) groups excluding carboxylic acids is 6. The molecule has 14 nitrogen and oxygen atoms in total. The number of nitrogens with one attached hydrogen (secondary N) is 4. The Balaban J connectivity index is 3.00. The highest BCUT2D eigenvalue weighted by Crippen LogP contribution is 2.40.